The van der Waals surface area contributed by atoms with E-state index in [2.05, 4.69) is 13.8 Å². The number of hydrogen-bond acceptors (Lipinski definition) is 12. The molecule has 7 atom stereocenters. The monoisotopic (exact) mass is 834 g/mol. The van der Waals surface area contributed by atoms with Gasteiger partial charge in [0.2, 0.25) is 0 Å². The van der Waals surface area contributed by atoms with E-state index < -0.39 is 57.1 Å². The third-order valence-electron chi connectivity index (χ3n) is 10.0. The summed E-state index contributed by atoms with van der Waals surface area (Å²) in [4.78, 5) is 37.7. The van der Waals surface area contributed by atoms with E-state index in [9.17, 15) is 34.4 Å². The average molecular weight is 834 g/mol. The predicted molar refractivity (Wildman–Crippen MR) is 221 cm³/mol. The van der Waals surface area contributed by atoms with Crippen LogP contribution < -0.4 is 4.89 Å². The molecule has 0 radical (unpaired) electrons. The van der Waals surface area contributed by atoms with Crippen LogP contribution >= 0.6 is 7.82 Å². The number of likely N-dealkylation sites (N-methyl/N-ethyl adjacent to an activating group) is 1. The van der Waals surface area contributed by atoms with Gasteiger partial charge in [0.1, 0.15) is 19.8 Å². The van der Waals surface area contributed by atoms with E-state index in [0.29, 0.717) is 43.1 Å². The lowest BCUT2D eigenvalue weighted by atomic mass is 9.87. The largest absolute Gasteiger partial charge is 0.756 e. The number of aliphatic hydroxyl groups excluding tert-OH is 3. The fourth-order valence-electron chi connectivity index (χ4n) is 6.46. The van der Waals surface area contributed by atoms with Crippen LogP contribution in [0.5, 0.6) is 0 Å². The van der Waals surface area contributed by atoms with Crippen molar-refractivity contribution in [2.24, 2.45) is 5.92 Å². The van der Waals surface area contributed by atoms with Crippen molar-refractivity contribution in [1.29, 1.82) is 0 Å². The second kappa shape index (κ2) is 32.1. The SMILES string of the molecule is CCCCCCCCCCCCCCC(=O)OC[C@H](COP(=O)([O-])OCC[N+](C)(C)C)OC(=O)CCC/C=C\C[C@H]1[C@@H](O)CC(O)O[C@@H]1/C=C/[C@@H](O)CCCCC. The number of carbonyl (C=O) groups excluding carboxylic acids is 2. The smallest absolute Gasteiger partial charge is 0.306 e. The molecular formula is C43H80NO12P. The number of unbranched alkanes of at least 4 members (excludes halogenated alkanes) is 14. The molecule has 0 aromatic heterocycles. The number of hydrogen-bond donors (Lipinski definition) is 3. The Labute approximate surface area is 344 Å². The first kappa shape index (κ1) is 53.3. The van der Waals surface area contributed by atoms with Crippen molar-refractivity contribution in [2.45, 2.75) is 186 Å². The minimum Gasteiger partial charge on any atom is -0.756 e. The molecule has 57 heavy (non-hydrogen) atoms. The summed E-state index contributed by atoms with van der Waals surface area (Å²) in [5, 5.41) is 31.0. The van der Waals surface area contributed by atoms with Gasteiger partial charge < -0.3 is 48.0 Å². The number of nitrogens with zero attached hydrogens (tertiary/aromatic N) is 1. The van der Waals surface area contributed by atoms with Gasteiger partial charge in [-0.3, -0.25) is 14.2 Å². The number of ether oxygens (including phenoxy) is 3. The number of phosphoric ester groups is 1. The van der Waals surface area contributed by atoms with Gasteiger partial charge in [-0.15, -0.1) is 0 Å². The zero-order valence-electron chi connectivity index (χ0n) is 36.1. The summed E-state index contributed by atoms with van der Waals surface area (Å²) in [6, 6.07) is 0. The molecule has 0 aliphatic carbocycles. The van der Waals surface area contributed by atoms with Gasteiger partial charge in [0, 0.05) is 25.2 Å². The van der Waals surface area contributed by atoms with E-state index in [1.807, 2.05) is 33.3 Å². The first-order chi connectivity index (χ1) is 27.2. The third-order valence-corrected chi connectivity index (χ3v) is 11.0. The molecule has 0 bridgehead atoms. The molecule has 0 spiro atoms. The van der Waals surface area contributed by atoms with Gasteiger partial charge in [0.05, 0.1) is 46.1 Å². The van der Waals surface area contributed by atoms with E-state index in [-0.39, 0.29) is 38.4 Å². The summed E-state index contributed by atoms with van der Waals surface area (Å²) in [7, 11) is 1.00. The van der Waals surface area contributed by atoms with Crippen molar-refractivity contribution < 1.29 is 62.1 Å². The molecule has 1 saturated heterocycles. The van der Waals surface area contributed by atoms with Crippen LogP contribution in [-0.4, -0.2) is 110 Å². The molecule has 0 saturated carbocycles. The van der Waals surface area contributed by atoms with Gasteiger partial charge in [0.25, 0.3) is 7.82 Å². The molecule has 1 aliphatic rings. The molecule has 1 aliphatic heterocycles. The van der Waals surface area contributed by atoms with Crippen molar-refractivity contribution in [2.75, 3.05) is 47.5 Å². The maximum absolute atomic E-state index is 12.8. The Morgan fingerprint density at radius 2 is 1.42 bits per heavy atom. The molecule has 2 unspecified atom stereocenters. The lowest BCUT2D eigenvalue weighted by Gasteiger charge is -2.36. The number of allylic oxidation sites excluding steroid dienone is 2. The van der Waals surface area contributed by atoms with Gasteiger partial charge in [-0.25, -0.2) is 0 Å². The second-order valence-electron chi connectivity index (χ2n) is 16.6. The normalized spacial score (nSPS) is 21.1. The lowest BCUT2D eigenvalue weighted by molar-refractivity contribution is -0.870. The van der Waals surface area contributed by atoms with Crippen LogP contribution in [0.1, 0.15) is 155 Å². The predicted octanol–water partition coefficient (Wildman–Crippen LogP) is 7.44. The number of phosphoric acid groups is 1. The van der Waals surface area contributed by atoms with Crippen LogP contribution in [0, 0.1) is 5.92 Å². The Bertz CT molecular complexity index is 1150. The van der Waals surface area contributed by atoms with Crippen molar-refractivity contribution in [3.8, 4) is 0 Å². The van der Waals surface area contributed by atoms with Crippen LogP contribution in [0.25, 0.3) is 0 Å². The number of esters is 2. The molecule has 1 fully saturated rings. The van der Waals surface area contributed by atoms with Gasteiger partial charge in [0.15, 0.2) is 12.4 Å². The van der Waals surface area contributed by atoms with Crippen LogP contribution in [0.15, 0.2) is 24.3 Å². The highest BCUT2D eigenvalue weighted by Gasteiger charge is 2.35. The highest BCUT2D eigenvalue weighted by atomic mass is 31.2. The van der Waals surface area contributed by atoms with E-state index >= 15 is 0 Å². The first-order valence-corrected chi connectivity index (χ1v) is 23.4. The first-order valence-electron chi connectivity index (χ1n) is 21.9. The lowest BCUT2D eigenvalue weighted by Crippen LogP contribution is -2.43. The molecule has 1 heterocycles. The zero-order valence-corrected chi connectivity index (χ0v) is 37.0. The summed E-state index contributed by atoms with van der Waals surface area (Å²) in [5.74, 6) is -1.35. The zero-order chi connectivity index (χ0) is 42.4. The molecule has 334 valence electrons. The topological polar surface area (TPSA) is 181 Å². The van der Waals surface area contributed by atoms with Crippen molar-refractivity contribution in [3.05, 3.63) is 24.3 Å². The van der Waals surface area contributed by atoms with Gasteiger partial charge >= 0.3 is 11.9 Å². The number of carbonyl (C=O) groups is 2. The molecule has 0 aromatic rings. The van der Waals surface area contributed by atoms with Crippen molar-refractivity contribution in [3.63, 3.8) is 0 Å². The Morgan fingerprint density at radius 1 is 0.825 bits per heavy atom. The van der Waals surface area contributed by atoms with Crippen molar-refractivity contribution >= 4 is 19.8 Å². The van der Waals surface area contributed by atoms with E-state index in [4.69, 9.17) is 23.3 Å². The van der Waals surface area contributed by atoms with Gasteiger partial charge in [-0.1, -0.05) is 128 Å². The maximum Gasteiger partial charge on any atom is 0.306 e. The Kier molecular flexibility index (Phi) is 30.1. The van der Waals surface area contributed by atoms with E-state index in [1.54, 1.807) is 12.2 Å². The third kappa shape index (κ3) is 30.1. The highest BCUT2D eigenvalue weighted by molar-refractivity contribution is 7.45. The quantitative estimate of drug-likeness (QED) is 0.0189. The summed E-state index contributed by atoms with van der Waals surface area (Å²) >= 11 is 0. The summed E-state index contributed by atoms with van der Waals surface area (Å²) in [6.07, 6.45) is 22.5. The Balaban J connectivity index is 2.57. The minimum atomic E-state index is -4.70. The molecule has 3 N–H and O–H groups in total. The summed E-state index contributed by atoms with van der Waals surface area (Å²) in [6.45, 7) is 3.79. The standard InChI is InChI=1S/C43H80NO12P/c1-6-8-10-11-12-13-14-15-16-17-18-23-27-41(47)52-34-37(35-54-57(50,51)53-32-31-44(3,4)5)55-42(48)28-24-20-19-22-26-38-39(46)33-43(49)56-40(38)30-29-36(45)25-21-9-7-2/h19,22,29-30,36-40,43,45-46,49H,6-18,20-21,23-28,31-35H2,1-5H3/b22-19-,30-29+/t36-,37+,38-,39-,40+,43?/m0/s1. The number of rotatable bonds is 35. The molecule has 1 rings (SSSR count). The number of aliphatic hydroxyl groups is 3. The summed E-state index contributed by atoms with van der Waals surface area (Å²) in [5.41, 5.74) is 0. The van der Waals surface area contributed by atoms with E-state index in [1.165, 1.54) is 51.4 Å². The Hall–Kier alpha value is -1.67. The van der Waals surface area contributed by atoms with Gasteiger partial charge in [-0.05, 0) is 32.1 Å². The van der Waals surface area contributed by atoms with E-state index in [0.717, 1.165) is 38.5 Å². The molecule has 14 heteroatoms. The molecule has 13 nitrogen and oxygen atoms in total. The molecule has 0 amide bonds. The van der Waals surface area contributed by atoms with Crippen LogP contribution in [0.3, 0.4) is 0 Å². The summed E-state index contributed by atoms with van der Waals surface area (Å²) < 4.78 is 39.5. The number of quaternary nitrogens is 1. The second-order valence-corrected chi connectivity index (χ2v) is 18.0. The maximum atomic E-state index is 12.8. The fraction of sp³-hybridized carbons (Fsp3) is 0.860. The highest BCUT2D eigenvalue weighted by Crippen LogP contribution is 2.38. The van der Waals surface area contributed by atoms with Crippen molar-refractivity contribution in [1.82, 2.24) is 0 Å². The van der Waals surface area contributed by atoms with Gasteiger partial charge in [-0.2, -0.15) is 0 Å². The van der Waals surface area contributed by atoms with Crippen LogP contribution in [-0.2, 0) is 37.4 Å². The average Bonchev–Trinajstić information content (AvgIpc) is 3.13. The van der Waals surface area contributed by atoms with Crippen LogP contribution in [0.4, 0.5) is 0 Å². The minimum absolute atomic E-state index is 0.0331. The molecular weight excluding hydrogens is 753 g/mol. The Morgan fingerprint density at radius 3 is 2.05 bits per heavy atom. The van der Waals surface area contributed by atoms with Crippen LogP contribution in [0.2, 0.25) is 0 Å². The molecule has 0 aromatic carbocycles. The fourth-order valence-corrected chi connectivity index (χ4v) is 7.19.